The Bertz CT molecular complexity index is 1260. The first-order valence-corrected chi connectivity index (χ1v) is 19.2. The summed E-state index contributed by atoms with van der Waals surface area (Å²) in [5.74, 6) is -7.95. The van der Waals surface area contributed by atoms with Crippen molar-refractivity contribution >= 4 is 29.8 Å². The second kappa shape index (κ2) is 38.6. The van der Waals surface area contributed by atoms with E-state index in [2.05, 4.69) is 0 Å². The Hall–Kier alpha value is -3.45. The maximum atomic E-state index is 10.2. The van der Waals surface area contributed by atoms with Crippen LogP contribution in [0.2, 0.25) is 0 Å². The minimum atomic E-state index is -2.09. The average Bonchev–Trinajstić information content (AvgIpc) is 3.22. The Kier molecular flexibility index (Phi) is 41.9. The summed E-state index contributed by atoms with van der Waals surface area (Å²) in [6.07, 6.45) is -28.7. The SMILES string of the molecule is CC(O)C(O)CC(O)C(O)C(=O)O.CC(O)CC(O)C(O)C(O)C(=O)O.CCC(O)C(O)C(O)C(O)C(=O)O.O=C(O)C(O)C(O)C(O)CCCO.O=C(O)C(O)C(O)CC(O)CCO. The predicted molar refractivity (Wildman–Crippen MR) is 210 cm³/mol. The van der Waals surface area contributed by atoms with Crippen molar-refractivity contribution < 1.29 is 152 Å². The minimum Gasteiger partial charge on any atom is -0.479 e. The van der Waals surface area contributed by atoms with Crippen molar-refractivity contribution in [2.45, 2.75) is 176 Å². The first kappa shape index (κ1) is 70.6. The molecule has 0 aromatic heterocycles. The van der Waals surface area contributed by atoms with Crippen LogP contribution in [0.25, 0.3) is 0 Å². The molecule has 0 aliphatic carbocycles. The lowest BCUT2D eigenvalue weighted by molar-refractivity contribution is -0.163. The third kappa shape index (κ3) is 34.5. The molecule has 0 rings (SSSR count). The maximum Gasteiger partial charge on any atom is 0.335 e. The molecule has 0 fully saturated rings. The van der Waals surface area contributed by atoms with E-state index >= 15 is 0 Å². The van der Waals surface area contributed by atoms with Gasteiger partial charge >= 0.3 is 29.8 Å². The number of aliphatic hydroxyl groups excluding tert-OH is 20. The standard InChI is InChI=1S/5C7H14O6/c1-3(8)4(9)2-5(10)6(11)7(12)13;1-3(8)2-4(9)5(10)6(11)7(12)13;8-2-1-4(9)3-5(10)6(11)7(12)13;1-2-3(8)4(9)5(10)6(11)7(12)13;8-3-1-2-4(9)5(10)6(11)7(12)13/h2*3-6,8-11H,2H2,1H3,(H,12,13);4-6,8-11H,1-3H2,(H,12,13);3-6,8-11H,2H2,1H3,(H,12,13);4-6,8-11H,1-3H2,(H,12,13). The van der Waals surface area contributed by atoms with Crippen molar-refractivity contribution in [3.8, 4) is 0 Å². The monoisotopic (exact) mass is 970 g/mol. The van der Waals surface area contributed by atoms with Crippen molar-refractivity contribution in [1.82, 2.24) is 0 Å². The average molecular weight is 971 g/mol. The summed E-state index contributed by atoms with van der Waals surface area (Å²) >= 11 is 0. The molecule has 0 aromatic rings. The normalized spacial score (nSPS) is 19.4. The van der Waals surface area contributed by atoms with Crippen LogP contribution in [-0.2, 0) is 24.0 Å². The van der Waals surface area contributed by atoms with Gasteiger partial charge in [0, 0.05) is 32.5 Å². The van der Waals surface area contributed by atoms with Gasteiger partial charge in [0.05, 0.1) is 54.9 Å². The van der Waals surface area contributed by atoms with Gasteiger partial charge in [0.25, 0.3) is 0 Å². The lowest BCUT2D eigenvalue weighted by atomic mass is 10.0. The zero-order chi connectivity index (χ0) is 52.6. The molecule has 0 amide bonds. The van der Waals surface area contributed by atoms with E-state index in [0.717, 1.165) is 0 Å². The van der Waals surface area contributed by atoms with Crippen LogP contribution in [-0.4, -0.2) is 281 Å². The molecule has 30 nitrogen and oxygen atoms in total. The second-order valence-electron chi connectivity index (χ2n) is 14.0. The number of hydrogen-bond acceptors (Lipinski definition) is 25. The van der Waals surface area contributed by atoms with Gasteiger partial charge in [0.15, 0.2) is 30.5 Å². The largest absolute Gasteiger partial charge is 0.479 e. The van der Waals surface area contributed by atoms with Crippen LogP contribution in [0.4, 0.5) is 0 Å². The number of carboxylic acids is 5. The molecule has 30 heteroatoms. The third-order valence-electron chi connectivity index (χ3n) is 8.17. The molecule has 0 heterocycles. The van der Waals surface area contributed by atoms with Crippen LogP contribution >= 0.6 is 0 Å². The van der Waals surface area contributed by atoms with Gasteiger partial charge in [-0.1, -0.05) is 6.92 Å². The Labute approximate surface area is 370 Å². The molecule has 0 bridgehead atoms. The highest BCUT2D eigenvalue weighted by atomic mass is 16.4. The van der Waals surface area contributed by atoms with Crippen molar-refractivity contribution in [1.29, 1.82) is 0 Å². The van der Waals surface area contributed by atoms with E-state index in [9.17, 15) is 24.0 Å². The molecule has 390 valence electrons. The Balaban J connectivity index is -0.000000231. The lowest BCUT2D eigenvalue weighted by Gasteiger charge is -2.23. The van der Waals surface area contributed by atoms with E-state index in [1.165, 1.54) is 13.8 Å². The highest BCUT2D eigenvalue weighted by Crippen LogP contribution is 2.10. The van der Waals surface area contributed by atoms with E-state index < -0.39 is 140 Å². The molecule has 0 radical (unpaired) electrons. The van der Waals surface area contributed by atoms with Crippen molar-refractivity contribution in [2.75, 3.05) is 13.2 Å². The van der Waals surface area contributed by atoms with E-state index in [0.29, 0.717) is 0 Å². The van der Waals surface area contributed by atoms with E-state index in [-0.39, 0.29) is 58.2 Å². The number of hydrogen-bond donors (Lipinski definition) is 25. The summed E-state index contributed by atoms with van der Waals surface area (Å²) in [6, 6.07) is 0. The first-order valence-electron chi connectivity index (χ1n) is 19.2. The molecular formula is C35H70O30. The van der Waals surface area contributed by atoms with Gasteiger partial charge < -0.3 is 128 Å². The van der Waals surface area contributed by atoms with Gasteiger partial charge in [-0.2, -0.15) is 0 Å². The van der Waals surface area contributed by atoms with E-state index in [4.69, 9.17) is 128 Å². The molecule has 0 saturated carbocycles. The van der Waals surface area contributed by atoms with Crippen LogP contribution in [0.5, 0.6) is 0 Å². The number of rotatable bonds is 27. The fourth-order valence-electron chi connectivity index (χ4n) is 4.05. The van der Waals surface area contributed by atoms with Crippen LogP contribution in [0, 0.1) is 0 Å². The molecule has 0 spiro atoms. The minimum absolute atomic E-state index is 0.0437. The van der Waals surface area contributed by atoms with Gasteiger partial charge in [-0.15, -0.1) is 0 Å². The van der Waals surface area contributed by atoms with Crippen LogP contribution in [0.15, 0.2) is 0 Å². The molecule has 25 N–H and O–H groups in total. The highest BCUT2D eigenvalue weighted by Gasteiger charge is 2.34. The summed E-state index contributed by atoms with van der Waals surface area (Å²) in [5.41, 5.74) is 0. The van der Waals surface area contributed by atoms with Gasteiger partial charge in [-0.25, -0.2) is 24.0 Å². The van der Waals surface area contributed by atoms with Crippen LogP contribution < -0.4 is 0 Å². The number of carboxylic acid groups (broad SMARTS) is 5. The quantitative estimate of drug-likeness (QED) is 0.0363. The smallest absolute Gasteiger partial charge is 0.335 e. The van der Waals surface area contributed by atoms with Crippen molar-refractivity contribution in [3.63, 3.8) is 0 Å². The summed E-state index contributed by atoms with van der Waals surface area (Å²) in [4.78, 5) is 50.7. The molecule has 0 aromatic carbocycles. The van der Waals surface area contributed by atoms with E-state index in [1.807, 2.05) is 0 Å². The maximum absolute atomic E-state index is 10.2. The first-order chi connectivity index (χ1) is 29.6. The van der Waals surface area contributed by atoms with Crippen molar-refractivity contribution in [2.24, 2.45) is 0 Å². The molecule has 65 heavy (non-hydrogen) atoms. The Morgan fingerprint density at radius 1 is 0.369 bits per heavy atom. The van der Waals surface area contributed by atoms with Gasteiger partial charge in [-0.05, 0) is 39.5 Å². The van der Waals surface area contributed by atoms with E-state index in [1.54, 1.807) is 6.92 Å². The van der Waals surface area contributed by atoms with Crippen molar-refractivity contribution in [3.05, 3.63) is 0 Å². The predicted octanol–water partition coefficient (Wildman–Crippen LogP) is -10.4. The van der Waals surface area contributed by atoms with Crippen LogP contribution in [0.3, 0.4) is 0 Å². The zero-order valence-electron chi connectivity index (χ0n) is 35.5. The fourth-order valence-corrected chi connectivity index (χ4v) is 4.05. The summed E-state index contributed by atoms with van der Waals surface area (Å²) < 4.78 is 0. The third-order valence-corrected chi connectivity index (χ3v) is 8.17. The topological polar surface area (TPSA) is 591 Å². The molecule has 18 unspecified atom stereocenters. The molecule has 0 aliphatic rings. The molecule has 18 atom stereocenters. The highest BCUT2D eigenvalue weighted by molar-refractivity contribution is 5.74. The number of carbonyl (C=O) groups is 5. The number of aliphatic carboxylic acids is 5. The molecular weight excluding hydrogens is 900 g/mol. The van der Waals surface area contributed by atoms with Gasteiger partial charge in [-0.3, -0.25) is 0 Å². The summed E-state index contributed by atoms with van der Waals surface area (Å²) in [6.45, 7) is 3.81. The molecule has 0 saturated heterocycles. The zero-order valence-corrected chi connectivity index (χ0v) is 35.5. The second-order valence-corrected chi connectivity index (χ2v) is 14.0. The van der Waals surface area contributed by atoms with Gasteiger partial charge in [0.2, 0.25) is 0 Å². The number of aliphatic hydroxyl groups is 20. The molecule has 0 aliphatic heterocycles. The Morgan fingerprint density at radius 3 is 1.03 bits per heavy atom. The van der Waals surface area contributed by atoms with Crippen LogP contribution in [0.1, 0.15) is 65.7 Å². The fraction of sp³-hybridized carbons (Fsp3) is 0.857. The summed E-state index contributed by atoms with van der Waals surface area (Å²) in [7, 11) is 0. The summed E-state index contributed by atoms with van der Waals surface area (Å²) in [5, 5.41) is 219. The van der Waals surface area contributed by atoms with Gasteiger partial charge in [0.1, 0.15) is 24.4 Å². The Morgan fingerprint density at radius 2 is 0.723 bits per heavy atom. The lowest BCUT2D eigenvalue weighted by Crippen LogP contribution is -2.47.